The van der Waals surface area contributed by atoms with Crippen LogP contribution in [0.3, 0.4) is 0 Å². The maximum Gasteiger partial charge on any atom is 0.136 e. The molecule has 0 aliphatic heterocycles. The molecule has 0 bridgehead atoms. The van der Waals surface area contributed by atoms with Gasteiger partial charge in [-0.15, -0.1) is 11.3 Å². The predicted molar refractivity (Wildman–Crippen MR) is 112 cm³/mol. The number of ether oxygens (including phenoxy) is 1. The van der Waals surface area contributed by atoms with E-state index in [0.29, 0.717) is 17.2 Å². The van der Waals surface area contributed by atoms with Crippen LogP contribution in [0.15, 0.2) is 54.0 Å². The van der Waals surface area contributed by atoms with Gasteiger partial charge in [0.2, 0.25) is 0 Å². The normalized spacial score (nSPS) is 11.1. The molecule has 0 radical (unpaired) electrons. The van der Waals surface area contributed by atoms with E-state index in [9.17, 15) is 5.26 Å². The number of allylic oxidation sites excluding steroid dienone is 1. The molecule has 0 saturated carbocycles. The predicted octanol–water partition coefficient (Wildman–Crippen LogP) is 5.80. The minimum Gasteiger partial charge on any atom is -0.494 e. The summed E-state index contributed by atoms with van der Waals surface area (Å²) in [7, 11) is 0. The Morgan fingerprint density at radius 3 is 2.70 bits per heavy atom. The van der Waals surface area contributed by atoms with Crippen molar-refractivity contribution in [1.82, 2.24) is 4.98 Å². The molecule has 0 aliphatic carbocycles. The van der Waals surface area contributed by atoms with Gasteiger partial charge in [-0.05, 0) is 62.2 Å². The fourth-order valence-electron chi connectivity index (χ4n) is 2.60. The van der Waals surface area contributed by atoms with Crippen LogP contribution in [0.5, 0.6) is 5.75 Å². The number of nitriles is 1. The summed E-state index contributed by atoms with van der Waals surface area (Å²) >= 11 is 1.46. The second-order valence-electron chi connectivity index (χ2n) is 6.13. The van der Waals surface area contributed by atoms with Crippen LogP contribution in [0, 0.1) is 25.2 Å². The Balaban J connectivity index is 1.80. The number of benzene rings is 2. The molecule has 4 nitrogen and oxygen atoms in total. The number of aryl methyl sites for hydroxylation is 2. The molecule has 0 atom stereocenters. The molecular weight excluding hydrogens is 354 g/mol. The van der Waals surface area contributed by atoms with Crippen molar-refractivity contribution in [3.05, 3.63) is 70.2 Å². The maximum atomic E-state index is 9.55. The smallest absolute Gasteiger partial charge is 0.136 e. The fraction of sp³-hybridized carbons (Fsp3) is 0.182. The van der Waals surface area contributed by atoms with Crippen molar-refractivity contribution in [2.24, 2.45) is 0 Å². The van der Waals surface area contributed by atoms with Crippen LogP contribution >= 0.6 is 11.3 Å². The first-order chi connectivity index (χ1) is 13.1. The highest BCUT2D eigenvalue weighted by Gasteiger charge is 2.09. The molecule has 1 heterocycles. The van der Waals surface area contributed by atoms with Gasteiger partial charge in [0.1, 0.15) is 22.4 Å². The van der Waals surface area contributed by atoms with E-state index < -0.39 is 0 Å². The third kappa shape index (κ3) is 4.55. The molecule has 0 spiro atoms. The number of thiazole rings is 1. The molecule has 1 N–H and O–H groups in total. The highest BCUT2D eigenvalue weighted by Crippen LogP contribution is 2.27. The Bertz CT molecular complexity index is 997. The zero-order valence-corrected chi connectivity index (χ0v) is 16.4. The van der Waals surface area contributed by atoms with E-state index in [-0.39, 0.29) is 0 Å². The largest absolute Gasteiger partial charge is 0.494 e. The molecule has 136 valence electrons. The number of hydrogen-bond donors (Lipinski definition) is 1. The standard InChI is InChI=1S/C22H21N3OS/c1-4-26-19-9-7-17(8-10-19)21-14-27-22(25-21)18(12-23)13-24-20-11-15(2)5-6-16(20)3/h5-11,13-14,24H,4H2,1-3H3. The van der Waals surface area contributed by atoms with Crippen molar-refractivity contribution in [1.29, 1.82) is 5.26 Å². The lowest BCUT2D eigenvalue weighted by molar-refractivity contribution is 0.340. The third-order valence-corrected chi connectivity index (χ3v) is 4.96. The number of nitrogens with one attached hydrogen (secondary N) is 1. The minimum atomic E-state index is 0.512. The van der Waals surface area contributed by atoms with Gasteiger partial charge in [0.25, 0.3) is 0 Å². The van der Waals surface area contributed by atoms with Crippen LogP contribution in [-0.2, 0) is 0 Å². The fourth-order valence-corrected chi connectivity index (χ4v) is 3.40. The Hall–Kier alpha value is -3.10. The summed E-state index contributed by atoms with van der Waals surface area (Å²) in [4.78, 5) is 4.63. The van der Waals surface area contributed by atoms with Gasteiger partial charge < -0.3 is 10.1 Å². The van der Waals surface area contributed by atoms with Crippen molar-refractivity contribution in [2.75, 3.05) is 11.9 Å². The van der Waals surface area contributed by atoms with Crippen LogP contribution < -0.4 is 10.1 Å². The lowest BCUT2D eigenvalue weighted by Crippen LogP contribution is -1.94. The molecular formula is C22H21N3OS. The van der Waals surface area contributed by atoms with Gasteiger partial charge in [0.15, 0.2) is 0 Å². The number of anilines is 1. The molecule has 3 aromatic rings. The molecule has 0 unspecified atom stereocenters. The van der Waals surface area contributed by atoms with E-state index in [1.54, 1.807) is 6.20 Å². The van der Waals surface area contributed by atoms with E-state index >= 15 is 0 Å². The van der Waals surface area contributed by atoms with Crippen LogP contribution in [-0.4, -0.2) is 11.6 Å². The zero-order chi connectivity index (χ0) is 19.2. The van der Waals surface area contributed by atoms with Gasteiger partial charge in [0, 0.05) is 22.8 Å². The van der Waals surface area contributed by atoms with Crippen LogP contribution in [0.2, 0.25) is 0 Å². The van der Waals surface area contributed by atoms with Gasteiger partial charge in [0.05, 0.1) is 12.3 Å². The summed E-state index contributed by atoms with van der Waals surface area (Å²) < 4.78 is 5.47. The summed E-state index contributed by atoms with van der Waals surface area (Å²) in [5.41, 5.74) is 5.65. The number of nitrogens with zero attached hydrogens (tertiary/aromatic N) is 2. The molecule has 0 saturated heterocycles. The second-order valence-corrected chi connectivity index (χ2v) is 6.99. The highest BCUT2D eigenvalue weighted by atomic mass is 32.1. The van der Waals surface area contributed by atoms with Gasteiger partial charge in [-0.1, -0.05) is 12.1 Å². The number of hydrogen-bond acceptors (Lipinski definition) is 5. The first-order valence-corrected chi connectivity index (χ1v) is 9.62. The van der Waals surface area contributed by atoms with Crippen molar-refractivity contribution in [3.63, 3.8) is 0 Å². The van der Waals surface area contributed by atoms with E-state index in [1.807, 2.05) is 50.4 Å². The monoisotopic (exact) mass is 375 g/mol. The molecule has 0 aliphatic rings. The molecule has 1 aromatic heterocycles. The van der Waals surface area contributed by atoms with Gasteiger partial charge in [-0.3, -0.25) is 0 Å². The summed E-state index contributed by atoms with van der Waals surface area (Å²) in [5, 5.41) is 15.4. The van der Waals surface area contributed by atoms with Crippen LogP contribution in [0.4, 0.5) is 5.69 Å². The van der Waals surface area contributed by atoms with Gasteiger partial charge >= 0.3 is 0 Å². The van der Waals surface area contributed by atoms with E-state index in [4.69, 9.17) is 4.74 Å². The summed E-state index contributed by atoms with van der Waals surface area (Å²) in [6.07, 6.45) is 1.72. The quantitative estimate of drug-likeness (QED) is 0.553. The molecule has 0 amide bonds. The van der Waals surface area contributed by atoms with Gasteiger partial charge in [-0.2, -0.15) is 5.26 Å². The lowest BCUT2D eigenvalue weighted by atomic mass is 10.1. The van der Waals surface area contributed by atoms with E-state index in [0.717, 1.165) is 28.3 Å². The van der Waals surface area contributed by atoms with Crippen molar-refractivity contribution >= 4 is 22.6 Å². The highest BCUT2D eigenvalue weighted by molar-refractivity contribution is 7.11. The first-order valence-electron chi connectivity index (χ1n) is 8.74. The maximum absolute atomic E-state index is 9.55. The Morgan fingerprint density at radius 1 is 1.22 bits per heavy atom. The topological polar surface area (TPSA) is 57.9 Å². The third-order valence-electron chi connectivity index (χ3n) is 4.08. The zero-order valence-electron chi connectivity index (χ0n) is 15.6. The Morgan fingerprint density at radius 2 is 2.00 bits per heavy atom. The SMILES string of the molecule is CCOc1ccc(-c2csc(C(C#N)=CNc3cc(C)ccc3C)n2)cc1. The van der Waals surface area contributed by atoms with Crippen molar-refractivity contribution in [2.45, 2.75) is 20.8 Å². The second kappa shape index (κ2) is 8.52. The van der Waals surface area contributed by atoms with Crippen LogP contribution in [0.1, 0.15) is 23.1 Å². The first kappa shape index (κ1) is 18.7. The van der Waals surface area contributed by atoms with E-state index in [1.165, 1.54) is 16.9 Å². The molecule has 2 aromatic carbocycles. The Kier molecular flexibility index (Phi) is 5.90. The molecule has 27 heavy (non-hydrogen) atoms. The number of rotatable bonds is 6. The summed E-state index contributed by atoms with van der Waals surface area (Å²) in [5.74, 6) is 0.840. The van der Waals surface area contributed by atoms with Crippen molar-refractivity contribution in [3.8, 4) is 23.1 Å². The Labute approximate surface area is 163 Å². The average Bonchev–Trinajstić information content (AvgIpc) is 3.16. The molecule has 3 rings (SSSR count). The number of aromatic nitrogens is 1. The minimum absolute atomic E-state index is 0.512. The van der Waals surface area contributed by atoms with Gasteiger partial charge in [-0.25, -0.2) is 4.98 Å². The average molecular weight is 375 g/mol. The van der Waals surface area contributed by atoms with Crippen LogP contribution in [0.25, 0.3) is 16.8 Å². The summed E-state index contributed by atoms with van der Waals surface area (Å²) in [6, 6.07) is 16.3. The molecule has 5 heteroatoms. The summed E-state index contributed by atoms with van der Waals surface area (Å²) in [6.45, 7) is 6.69. The van der Waals surface area contributed by atoms with Crippen molar-refractivity contribution < 1.29 is 4.74 Å². The van der Waals surface area contributed by atoms with E-state index in [2.05, 4.69) is 34.6 Å². The molecule has 0 fully saturated rings. The lowest BCUT2D eigenvalue weighted by Gasteiger charge is -2.07.